The second-order valence-electron chi connectivity index (χ2n) is 7.55. The average molecular weight is 433 g/mol. The van der Waals surface area contributed by atoms with Crippen LogP contribution in [0.25, 0.3) is 11.4 Å². The SMILES string of the molecule is CCCOC(=O)C1=C(C)Nc2nc(-c3cccnc3)nn2C1c1ccc2c(c1)OCCO2. The Morgan fingerprint density at radius 2 is 2.09 bits per heavy atom. The molecule has 2 aliphatic rings. The molecule has 0 bridgehead atoms. The van der Waals surface area contributed by atoms with E-state index in [-0.39, 0.29) is 5.97 Å². The number of hydrogen-bond acceptors (Lipinski definition) is 8. The van der Waals surface area contributed by atoms with Crippen LogP contribution >= 0.6 is 0 Å². The standard InChI is InChI=1S/C23H23N5O4/c1-3-9-32-22(29)19-14(2)25-23-26-21(16-5-4-8-24-13-16)27-28(23)20(19)15-6-7-17-18(12-15)31-11-10-30-17/h4-8,12-13,20H,3,9-11H2,1-2H3,(H,25,26,27). The van der Waals surface area contributed by atoms with Crippen LogP contribution in [0.4, 0.5) is 5.95 Å². The number of aromatic nitrogens is 4. The Kier molecular flexibility index (Phi) is 5.22. The van der Waals surface area contributed by atoms with Gasteiger partial charge in [-0.05, 0) is 43.2 Å². The van der Waals surface area contributed by atoms with E-state index in [0.717, 1.165) is 17.5 Å². The molecule has 0 radical (unpaired) electrons. The molecule has 1 unspecified atom stereocenters. The van der Waals surface area contributed by atoms with Crippen LogP contribution in [0, 0.1) is 0 Å². The third-order valence-corrected chi connectivity index (χ3v) is 5.31. The minimum absolute atomic E-state index is 0.342. The lowest BCUT2D eigenvalue weighted by Gasteiger charge is -2.29. The van der Waals surface area contributed by atoms with Crippen molar-refractivity contribution in [2.24, 2.45) is 0 Å². The summed E-state index contributed by atoms with van der Waals surface area (Å²) in [4.78, 5) is 21.9. The molecule has 0 saturated heterocycles. The third kappa shape index (κ3) is 3.55. The van der Waals surface area contributed by atoms with Gasteiger partial charge in [0.15, 0.2) is 17.3 Å². The summed E-state index contributed by atoms with van der Waals surface area (Å²) in [5.74, 6) is 1.98. The van der Waals surface area contributed by atoms with Gasteiger partial charge in [0.1, 0.15) is 19.3 Å². The molecule has 3 aromatic rings. The molecule has 1 N–H and O–H groups in total. The third-order valence-electron chi connectivity index (χ3n) is 5.31. The van der Waals surface area contributed by atoms with E-state index in [0.29, 0.717) is 54.4 Å². The maximum Gasteiger partial charge on any atom is 0.338 e. The molecular weight excluding hydrogens is 410 g/mol. The number of pyridine rings is 1. The first-order chi connectivity index (χ1) is 15.7. The fourth-order valence-corrected chi connectivity index (χ4v) is 3.84. The number of esters is 1. The highest BCUT2D eigenvalue weighted by Gasteiger charge is 2.36. The number of ether oxygens (including phenoxy) is 3. The Morgan fingerprint density at radius 1 is 1.25 bits per heavy atom. The lowest BCUT2D eigenvalue weighted by Crippen LogP contribution is -2.30. The van der Waals surface area contributed by atoms with Gasteiger partial charge in [-0.2, -0.15) is 4.98 Å². The Balaban J connectivity index is 1.63. The van der Waals surface area contributed by atoms with Gasteiger partial charge in [0.25, 0.3) is 0 Å². The zero-order valence-electron chi connectivity index (χ0n) is 17.9. The molecule has 0 spiro atoms. The molecule has 2 aliphatic heterocycles. The number of nitrogens with zero attached hydrogens (tertiary/aromatic N) is 4. The van der Waals surface area contributed by atoms with E-state index in [2.05, 4.69) is 15.3 Å². The molecule has 0 aliphatic carbocycles. The number of rotatable bonds is 5. The van der Waals surface area contributed by atoms with Crippen molar-refractivity contribution >= 4 is 11.9 Å². The normalized spacial score (nSPS) is 16.9. The number of carbonyl (C=O) groups is 1. The minimum atomic E-state index is -0.538. The van der Waals surface area contributed by atoms with E-state index < -0.39 is 6.04 Å². The van der Waals surface area contributed by atoms with Gasteiger partial charge >= 0.3 is 5.97 Å². The first-order valence-corrected chi connectivity index (χ1v) is 10.6. The molecule has 4 heterocycles. The number of fused-ring (bicyclic) bond motifs is 2. The molecule has 164 valence electrons. The van der Waals surface area contributed by atoms with Crippen molar-refractivity contribution in [1.82, 2.24) is 19.7 Å². The average Bonchev–Trinajstić information content (AvgIpc) is 3.25. The van der Waals surface area contributed by atoms with Crippen molar-refractivity contribution in [1.29, 1.82) is 0 Å². The summed E-state index contributed by atoms with van der Waals surface area (Å²) in [6.07, 6.45) is 4.14. The van der Waals surface area contributed by atoms with Crippen molar-refractivity contribution in [3.8, 4) is 22.9 Å². The topological polar surface area (TPSA) is 100 Å². The molecule has 9 heteroatoms. The van der Waals surface area contributed by atoms with Crippen LogP contribution in [-0.2, 0) is 9.53 Å². The van der Waals surface area contributed by atoms with Gasteiger partial charge in [-0.3, -0.25) is 4.98 Å². The van der Waals surface area contributed by atoms with Crippen LogP contribution in [0.1, 0.15) is 31.9 Å². The molecular formula is C23H23N5O4. The van der Waals surface area contributed by atoms with Gasteiger partial charge in [-0.25, -0.2) is 9.48 Å². The lowest BCUT2D eigenvalue weighted by atomic mass is 9.95. The Morgan fingerprint density at radius 3 is 2.88 bits per heavy atom. The molecule has 32 heavy (non-hydrogen) atoms. The molecule has 0 amide bonds. The van der Waals surface area contributed by atoms with E-state index >= 15 is 0 Å². The van der Waals surface area contributed by atoms with Gasteiger partial charge in [0, 0.05) is 23.7 Å². The summed E-state index contributed by atoms with van der Waals surface area (Å²) in [6.45, 7) is 5.13. The summed E-state index contributed by atoms with van der Waals surface area (Å²) in [6, 6.07) is 8.85. The van der Waals surface area contributed by atoms with Crippen molar-refractivity contribution in [2.45, 2.75) is 26.3 Å². The minimum Gasteiger partial charge on any atom is -0.486 e. The zero-order valence-corrected chi connectivity index (χ0v) is 17.9. The maximum atomic E-state index is 13.1. The molecule has 2 aromatic heterocycles. The molecule has 0 fully saturated rings. The van der Waals surface area contributed by atoms with Gasteiger partial charge in [-0.15, -0.1) is 5.10 Å². The van der Waals surface area contributed by atoms with E-state index in [4.69, 9.17) is 19.3 Å². The van der Waals surface area contributed by atoms with E-state index in [1.165, 1.54) is 0 Å². The van der Waals surface area contributed by atoms with Crippen LogP contribution in [0.2, 0.25) is 0 Å². The van der Waals surface area contributed by atoms with Gasteiger partial charge < -0.3 is 19.5 Å². The lowest BCUT2D eigenvalue weighted by molar-refractivity contribution is -0.139. The second-order valence-corrected chi connectivity index (χ2v) is 7.55. The van der Waals surface area contributed by atoms with Gasteiger partial charge in [0.2, 0.25) is 5.95 Å². The molecule has 5 rings (SSSR count). The highest BCUT2D eigenvalue weighted by molar-refractivity contribution is 5.92. The molecule has 9 nitrogen and oxygen atoms in total. The van der Waals surface area contributed by atoms with Gasteiger partial charge in [0.05, 0.1) is 12.2 Å². The summed E-state index contributed by atoms with van der Waals surface area (Å²) in [7, 11) is 0. The van der Waals surface area contributed by atoms with Crippen LogP contribution in [0.3, 0.4) is 0 Å². The highest BCUT2D eigenvalue weighted by Crippen LogP contribution is 2.40. The van der Waals surface area contributed by atoms with Crippen LogP contribution < -0.4 is 14.8 Å². The van der Waals surface area contributed by atoms with E-state index in [1.807, 2.05) is 44.2 Å². The number of allylic oxidation sites excluding steroid dienone is 1. The predicted molar refractivity (Wildman–Crippen MR) is 116 cm³/mol. The number of anilines is 1. The van der Waals surface area contributed by atoms with Crippen LogP contribution in [-0.4, -0.2) is 45.5 Å². The molecule has 0 saturated carbocycles. The van der Waals surface area contributed by atoms with Crippen molar-refractivity contribution in [3.63, 3.8) is 0 Å². The maximum absolute atomic E-state index is 13.1. The van der Waals surface area contributed by atoms with E-state index in [1.54, 1.807) is 17.1 Å². The number of benzene rings is 1. The Hall–Kier alpha value is -3.88. The van der Waals surface area contributed by atoms with Gasteiger partial charge in [-0.1, -0.05) is 13.0 Å². The molecule has 1 atom stereocenters. The Bertz CT molecular complexity index is 1190. The summed E-state index contributed by atoms with van der Waals surface area (Å²) < 4.78 is 18.7. The second kappa shape index (κ2) is 8.33. The number of nitrogens with one attached hydrogen (secondary N) is 1. The van der Waals surface area contributed by atoms with Crippen molar-refractivity contribution in [2.75, 3.05) is 25.1 Å². The quantitative estimate of drug-likeness (QED) is 0.612. The molecule has 1 aromatic carbocycles. The van der Waals surface area contributed by atoms with Crippen molar-refractivity contribution in [3.05, 3.63) is 59.6 Å². The number of carbonyl (C=O) groups excluding carboxylic acids is 1. The predicted octanol–water partition coefficient (Wildman–Crippen LogP) is 3.35. The first-order valence-electron chi connectivity index (χ1n) is 10.6. The smallest absolute Gasteiger partial charge is 0.338 e. The Labute approximate surface area is 185 Å². The number of hydrogen-bond donors (Lipinski definition) is 1. The van der Waals surface area contributed by atoms with E-state index in [9.17, 15) is 4.79 Å². The first kappa shape index (κ1) is 20.0. The van der Waals surface area contributed by atoms with Crippen molar-refractivity contribution < 1.29 is 19.0 Å². The van der Waals surface area contributed by atoms with Crippen LogP contribution in [0.5, 0.6) is 11.5 Å². The fraction of sp³-hybridized carbons (Fsp3) is 0.304. The summed E-state index contributed by atoms with van der Waals surface area (Å²) >= 11 is 0. The summed E-state index contributed by atoms with van der Waals surface area (Å²) in [5.41, 5.74) is 2.75. The highest BCUT2D eigenvalue weighted by atomic mass is 16.6. The summed E-state index contributed by atoms with van der Waals surface area (Å²) in [5, 5.41) is 7.94. The fourth-order valence-electron chi connectivity index (χ4n) is 3.84. The monoisotopic (exact) mass is 433 g/mol. The van der Waals surface area contributed by atoms with Crippen LogP contribution in [0.15, 0.2) is 54.0 Å². The zero-order chi connectivity index (χ0) is 22.1. The largest absolute Gasteiger partial charge is 0.486 e.